The number of para-hydroxylation sites is 1. The Kier molecular flexibility index (Phi) is 7.18. The van der Waals surface area contributed by atoms with E-state index in [1.54, 1.807) is 12.1 Å². The lowest BCUT2D eigenvalue weighted by molar-refractivity contribution is -0.141. The van der Waals surface area contributed by atoms with Gasteiger partial charge in [0.25, 0.3) is 5.91 Å². The Morgan fingerprint density at radius 3 is 2.50 bits per heavy atom. The third-order valence-electron chi connectivity index (χ3n) is 4.89. The highest BCUT2D eigenvalue weighted by atomic mass is 35.5. The van der Waals surface area contributed by atoms with Crippen LogP contribution in [0.25, 0.3) is 0 Å². The van der Waals surface area contributed by atoms with Crippen LogP contribution < -0.4 is 10.1 Å². The number of aryl methyl sites for hydroxylation is 3. The van der Waals surface area contributed by atoms with Gasteiger partial charge in [0.05, 0.1) is 10.7 Å². The van der Waals surface area contributed by atoms with Gasteiger partial charge >= 0.3 is 6.18 Å². The van der Waals surface area contributed by atoms with Gasteiger partial charge in [-0.2, -0.15) is 18.3 Å². The van der Waals surface area contributed by atoms with E-state index in [4.69, 9.17) is 20.8 Å². The molecule has 0 aliphatic rings. The minimum absolute atomic E-state index is 0.128. The number of rotatable bonds is 8. The van der Waals surface area contributed by atoms with Crippen LogP contribution >= 0.6 is 11.6 Å². The number of hydrogen-bond acceptors (Lipinski definition) is 4. The van der Waals surface area contributed by atoms with Crippen molar-refractivity contribution in [3.63, 3.8) is 0 Å². The molecule has 1 amide bonds. The van der Waals surface area contributed by atoms with E-state index in [1.807, 2.05) is 32.0 Å². The lowest BCUT2D eigenvalue weighted by Crippen LogP contribution is -2.25. The SMILES string of the molecule is Cc1cccc(C)c1OCc1ccc(C(=O)NCCCn2nc(C(F)(F)F)c(Cl)c2C)o1. The lowest BCUT2D eigenvalue weighted by Gasteiger charge is -2.10. The van der Waals surface area contributed by atoms with Crippen molar-refractivity contribution in [3.05, 3.63) is 69.4 Å². The standard InChI is InChI=1S/C22H23ClF3N3O3/c1-13-6-4-7-14(2)19(13)31-12-16-8-9-17(32-16)21(30)27-10-5-11-29-15(3)18(23)20(28-29)22(24,25)26/h4,6-9H,5,10-12H2,1-3H3,(H,27,30). The molecule has 0 aliphatic heterocycles. The van der Waals surface area contributed by atoms with Gasteiger partial charge in [-0.3, -0.25) is 9.48 Å². The number of benzene rings is 1. The van der Waals surface area contributed by atoms with E-state index in [9.17, 15) is 18.0 Å². The molecule has 0 saturated heterocycles. The smallest absolute Gasteiger partial charge is 0.436 e. The average Bonchev–Trinajstić information content (AvgIpc) is 3.30. The summed E-state index contributed by atoms with van der Waals surface area (Å²) in [6.45, 7) is 5.95. The molecule has 3 rings (SSSR count). The van der Waals surface area contributed by atoms with E-state index in [-0.39, 0.29) is 31.2 Å². The van der Waals surface area contributed by atoms with E-state index in [2.05, 4.69) is 10.4 Å². The molecule has 0 saturated carbocycles. The number of nitrogens with one attached hydrogen (secondary N) is 1. The van der Waals surface area contributed by atoms with Crippen LogP contribution in [0, 0.1) is 20.8 Å². The fraction of sp³-hybridized carbons (Fsp3) is 0.364. The fourth-order valence-electron chi connectivity index (χ4n) is 3.19. The second-order valence-corrected chi connectivity index (χ2v) is 7.73. The maximum absolute atomic E-state index is 12.9. The van der Waals surface area contributed by atoms with Crippen molar-refractivity contribution in [2.45, 2.75) is 46.5 Å². The molecule has 32 heavy (non-hydrogen) atoms. The number of carbonyl (C=O) groups is 1. The molecule has 0 bridgehead atoms. The van der Waals surface area contributed by atoms with Gasteiger partial charge in [-0.25, -0.2) is 0 Å². The molecule has 1 N–H and O–H groups in total. The van der Waals surface area contributed by atoms with E-state index in [1.165, 1.54) is 11.6 Å². The molecule has 0 spiro atoms. The van der Waals surface area contributed by atoms with Gasteiger partial charge in [-0.15, -0.1) is 0 Å². The molecule has 10 heteroatoms. The Labute approximate surface area is 188 Å². The summed E-state index contributed by atoms with van der Waals surface area (Å²) in [5, 5.41) is 5.80. The van der Waals surface area contributed by atoms with Crippen LogP contribution in [-0.2, 0) is 19.3 Å². The van der Waals surface area contributed by atoms with Gasteiger partial charge in [-0.1, -0.05) is 29.8 Å². The zero-order chi connectivity index (χ0) is 23.5. The monoisotopic (exact) mass is 469 g/mol. The first-order chi connectivity index (χ1) is 15.1. The topological polar surface area (TPSA) is 69.3 Å². The summed E-state index contributed by atoms with van der Waals surface area (Å²) >= 11 is 5.73. The Balaban J connectivity index is 1.49. The maximum Gasteiger partial charge on any atom is 0.436 e. The minimum Gasteiger partial charge on any atom is -0.485 e. The first-order valence-corrected chi connectivity index (χ1v) is 10.3. The molecular formula is C22H23ClF3N3O3. The lowest BCUT2D eigenvalue weighted by atomic mass is 10.1. The number of aromatic nitrogens is 2. The van der Waals surface area contributed by atoms with Crippen molar-refractivity contribution < 1.29 is 27.1 Å². The van der Waals surface area contributed by atoms with Gasteiger partial charge < -0.3 is 14.5 Å². The number of amides is 1. The van der Waals surface area contributed by atoms with Crippen molar-refractivity contribution in [1.29, 1.82) is 0 Å². The van der Waals surface area contributed by atoms with Gasteiger partial charge in [0.2, 0.25) is 0 Å². The molecule has 0 fully saturated rings. The summed E-state index contributed by atoms with van der Waals surface area (Å²) in [4.78, 5) is 12.3. The Hall–Kier alpha value is -2.94. The normalized spacial score (nSPS) is 11.6. The second-order valence-electron chi connectivity index (χ2n) is 7.35. The van der Waals surface area contributed by atoms with Crippen molar-refractivity contribution in [3.8, 4) is 5.75 Å². The fourth-order valence-corrected chi connectivity index (χ4v) is 3.43. The Morgan fingerprint density at radius 2 is 1.88 bits per heavy atom. The quantitative estimate of drug-likeness (QED) is 0.444. The molecule has 0 unspecified atom stereocenters. The number of carbonyl (C=O) groups excluding carboxylic acids is 1. The Morgan fingerprint density at radius 1 is 1.19 bits per heavy atom. The van der Waals surface area contributed by atoms with Crippen LogP contribution in [0.4, 0.5) is 13.2 Å². The minimum atomic E-state index is -4.61. The number of furan rings is 1. The highest BCUT2D eigenvalue weighted by Crippen LogP contribution is 2.35. The van der Waals surface area contributed by atoms with Crippen molar-refractivity contribution in [2.75, 3.05) is 6.54 Å². The summed E-state index contributed by atoms with van der Waals surface area (Å²) < 4.78 is 51.2. The van der Waals surface area contributed by atoms with E-state index < -0.39 is 22.8 Å². The second kappa shape index (κ2) is 9.68. The maximum atomic E-state index is 12.9. The first kappa shape index (κ1) is 23.7. The predicted octanol–water partition coefficient (Wildman–Crippen LogP) is 5.47. The van der Waals surface area contributed by atoms with Crippen LogP contribution in [0.1, 0.15) is 45.3 Å². The van der Waals surface area contributed by atoms with E-state index in [0.717, 1.165) is 16.9 Å². The van der Waals surface area contributed by atoms with Gasteiger partial charge in [-0.05, 0) is 50.5 Å². The van der Waals surface area contributed by atoms with Gasteiger partial charge in [0.1, 0.15) is 18.1 Å². The molecule has 0 aliphatic carbocycles. The van der Waals surface area contributed by atoms with Gasteiger partial charge in [0, 0.05) is 13.1 Å². The summed E-state index contributed by atoms with van der Waals surface area (Å²) in [6, 6.07) is 9.06. The molecule has 2 aromatic heterocycles. The van der Waals surface area contributed by atoms with E-state index >= 15 is 0 Å². The zero-order valence-electron chi connectivity index (χ0n) is 17.8. The highest BCUT2D eigenvalue weighted by molar-refractivity contribution is 6.31. The molecule has 172 valence electrons. The number of ether oxygens (including phenoxy) is 1. The first-order valence-electron chi connectivity index (χ1n) is 9.94. The van der Waals surface area contributed by atoms with Crippen molar-refractivity contribution in [2.24, 2.45) is 0 Å². The van der Waals surface area contributed by atoms with Crippen LogP contribution in [0.15, 0.2) is 34.7 Å². The molecule has 1 aromatic carbocycles. The van der Waals surface area contributed by atoms with Gasteiger partial charge in [0.15, 0.2) is 11.5 Å². The summed E-state index contributed by atoms with van der Waals surface area (Å²) in [5.74, 6) is 0.981. The molecule has 3 aromatic rings. The van der Waals surface area contributed by atoms with Crippen LogP contribution in [0.5, 0.6) is 5.75 Å². The zero-order valence-corrected chi connectivity index (χ0v) is 18.6. The third kappa shape index (κ3) is 5.45. The molecule has 6 nitrogen and oxygen atoms in total. The number of nitrogens with zero attached hydrogens (tertiary/aromatic N) is 2. The summed E-state index contributed by atoms with van der Waals surface area (Å²) in [7, 11) is 0. The van der Waals surface area contributed by atoms with Crippen molar-refractivity contribution in [1.82, 2.24) is 15.1 Å². The largest absolute Gasteiger partial charge is 0.485 e. The predicted molar refractivity (Wildman–Crippen MR) is 113 cm³/mol. The molecule has 2 heterocycles. The number of halogens is 4. The number of hydrogen-bond donors (Lipinski definition) is 1. The van der Waals surface area contributed by atoms with Crippen molar-refractivity contribution >= 4 is 17.5 Å². The summed E-state index contributed by atoms with van der Waals surface area (Å²) in [6.07, 6.45) is -4.24. The van der Waals surface area contributed by atoms with Crippen LogP contribution in [-0.4, -0.2) is 22.2 Å². The van der Waals surface area contributed by atoms with Crippen LogP contribution in [0.3, 0.4) is 0 Å². The molecule has 0 radical (unpaired) electrons. The average molecular weight is 470 g/mol. The van der Waals surface area contributed by atoms with E-state index in [0.29, 0.717) is 12.2 Å². The third-order valence-corrected chi connectivity index (χ3v) is 5.34. The Bertz CT molecular complexity index is 1090. The molecule has 0 atom stereocenters. The molecular weight excluding hydrogens is 447 g/mol. The van der Waals surface area contributed by atoms with Crippen LogP contribution in [0.2, 0.25) is 5.02 Å². The highest BCUT2D eigenvalue weighted by Gasteiger charge is 2.38. The summed E-state index contributed by atoms with van der Waals surface area (Å²) in [5.41, 5.74) is 1.13. The number of alkyl halides is 3.